The number of carbonyl (C=O) groups is 1. The highest BCUT2D eigenvalue weighted by Gasteiger charge is 2.33. The van der Waals surface area contributed by atoms with E-state index in [9.17, 15) is 4.79 Å². The van der Waals surface area contributed by atoms with E-state index >= 15 is 0 Å². The summed E-state index contributed by atoms with van der Waals surface area (Å²) in [6, 6.07) is 2.08. The molecule has 1 aliphatic carbocycles. The fourth-order valence-electron chi connectivity index (χ4n) is 3.55. The monoisotopic (exact) mass is 342 g/mol. The molecule has 2 aromatic heterocycles. The average molecular weight is 342 g/mol. The molecule has 4 rings (SSSR count). The standard InChI is InChI=1S/C18H26N6O/c1-11-20-21-16-8-7-13(10-23(11)16)19-17(25)14-9-15(12-5-6-12)24(22-14)18(2,3)4/h9,12-13H,5-8,10H2,1-4H3,(H,19,25)/t13-/m0/s1. The number of fused-ring (bicyclic) bond motifs is 1. The first-order chi connectivity index (χ1) is 11.8. The summed E-state index contributed by atoms with van der Waals surface area (Å²) >= 11 is 0. The van der Waals surface area contributed by atoms with Crippen LogP contribution in [0.3, 0.4) is 0 Å². The maximum absolute atomic E-state index is 12.8. The number of aryl methyl sites for hydroxylation is 2. The lowest BCUT2D eigenvalue weighted by molar-refractivity contribution is 0.0920. The molecule has 2 aliphatic rings. The molecule has 0 unspecified atom stereocenters. The van der Waals surface area contributed by atoms with Gasteiger partial charge in [0.15, 0.2) is 0 Å². The van der Waals surface area contributed by atoms with Gasteiger partial charge in [0, 0.05) is 30.6 Å². The first-order valence-corrected chi connectivity index (χ1v) is 9.13. The average Bonchev–Trinajstić information content (AvgIpc) is 3.18. The lowest BCUT2D eigenvalue weighted by Gasteiger charge is -2.24. The summed E-state index contributed by atoms with van der Waals surface area (Å²) in [4.78, 5) is 12.8. The van der Waals surface area contributed by atoms with Crippen LogP contribution >= 0.6 is 0 Å². The van der Waals surface area contributed by atoms with Gasteiger partial charge in [0.05, 0.1) is 5.54 Å². The first-order valence-electron chi connectivity index (χ1n) is 9.13. The molecule has 7 nitrogen and oxygen atoms in total. The third-order valence-electron chi connectivity index (χ3n) is 5.07. The minimum Gasteiger partial charge on any atom is -0.346 e. The van der Waals surface area contributed by atoms with Crippen molar-refractivity contribution in [3.63, 3.8) is 0 Å². The van der Waals surface area contributed by atoms with Crippen LogP contribution in [0.2, 0.25) is 0 Å². The van der Waals surface area contributed by atoms with E-state index in [0.29, 0.717) is 11.6 Å². The van der Waals surface area contributed by atoms with Crippen molar-refractivity contribution in [2.75, 3.05) is 0 Å². The van der Waals surface area contributed by atoms with Crippen LogP contribution in [0.4, 0.5) is 0 Å². The first kappa shape index (κ1) is 16.3. The van der Waals surface area contributed by atoms with Crippen molar-refractivity contribution >= 4 is 5.91 Å². The van der Waals surface area contributed by atoms with Gasteiger partial charge in [-0.3, -0.25) is 9.48 Å². The van der Waals surface area contributed by atoms with E-state index in [2.05, 4.69) is 46.0 Å². The lowest BCUT2D eigenvalue weighted by Crippen LogP contribution is -2.41. The number of amides is 1. The van der Waals surface area contributed by atoms with E-state index in [4.69, 9.17) is 0 Å². The van der Waals surface area contributed by atoms with Crippen molar-refractivity contribution in [3.8, 4) is 0 Å². The molecule has 1 saturated carbocycles. The molecule has 25 heavy (non-hydrogen) atoms. The quantitative estimate of drug-likeness (QED) is 0.927. The number of aromatic nitrogens is 5. The Kier molecular flexibility index (Phi) is 3.70. The summed E-state index contributed by atoms with van der Waals surface area (Å²) < 4.78 is 4.13. The van der Waals surface area contributed by atoms with Gasteiger partial charge >= 0.3 is 0 Å². The second-order valence-electron chi connectivity index (χ2n) is 8.29. The second kappa shape index (κ2) is 5.68. The summed E-state index contributed by atoms with van der Waals surface area (Å²) in [6.45, 7) is 9.07. The smallest absolute Gasteiger partial charge is 0.272 e. The molecule has 1 fully saturated rings. The highest BCUT2D eigenvalue weighted by molar-refractivity contribution is 5.92. The molecule has 0 spiro atoms. The molecular weight excluding hydrogens is 316 g/mol. The Morgan fingerprint density at radius 1 is 1.24 bits per heavy atom. The topological polar surface area (TPSA) is 77.6 Å². The van der Waals surface area contributed by atoms with Gasteiger partial charge in [0.25, 0.3) is 5.91 Å². The van der Waals surface area contributed by atoms with Gasteiger partial charge in [-0.05, 0) is 53.0 Å². The van der Waals surface area contributed by atoms with Gasteiger partial charge in [-0.1, -0.05) is 0 Å². The Bertz CT molecular complexity index is 808. The van der Waals surface area contributed by atoms with Crippen LogP contribution in [0.25, 0.3) is 0 Å². The summed E-state index contributed by atoms with van der Waals surface area (Å²) in [5.74, 6) is 2.40. The molecule has 7 heteroatoms. The third-order valence-corrected chi connectivity index (χ3v) is 5.07. The van der Waals surface area contributed by atoms with Crippen LogP contribution in [-0.2, 0) is 18.5 Å². The van der Waals surface area contributed by atoms with Crippen molar-refractivity contribution in [2.24, 2.45) is 0 Å². The van der Waals surface area contributed by atoms with Crippen LogP contribution in [0.1, 0.15) is 73.8 Å². The van der Waals surface area contributed by atoms with Gasteiger partial charge in [0.1, 0.15) is 17.3 Å². The van der Waals surface area contributed by atoms with E-state index in [1.165, 1.54) is 18.5 Å². The molecule has 2 aromatic rings. The molecule has 0 aromatic carbocycles. The normalized spacial score (nSPS) is 20.4. The van der Waals surface area contributed by atoms with E-state index in [0.717, 1.165) is 31.0 Å². The zero-order valence-electron chi connectivity index (χ0n) is 15.4. The Morgan fingerprint density at radius 3 is 2.68 bits per heavy atom. The fraction of sp³-hybridized carbons (Fsp3) is 0.667. The zero-order valence-corrected chi connectivity index (χ0v) is 15.4. The Hall–Kier alpha value is -2.18. The van der Waals surface area contributed by atoms with Crippen LogP contribution < -0.4 is 5.32 Å². The van der Waals surface area contributed by atoms with Gasteiger partial charge in [-0.2, -0.15) is 5.10 Å². The van der Waals surface area contributed by atoms with Gasteiger partial charge in [-0.25, -0.2) is 0 Å². The fourth-order valence-corrected chi connectivity index (χ4v) is 3.55. The van der Waals surface area contributed by atoms with E-state index in [1.54, 1.807) is 0 Å². The van der Waals surface area contributed by atoms with Crippen molar-refractivity contribution in [1.29, 1.82) is 0 Å². The molecule has 134 valence electrons. The second-order valence-corrected chi connectivity index (χ2v) is 8.29. The summed E-state index contributed by atoms with van der Waals surface area (Å²) in [7, 11) is 0. The number of nitrogens with zero attached hydrogens (tertiary/aromatic N) is 5. The number of nitrogens with one attached hydrogen (secondary N) is 1. The molecule has 3 heterocycles. The lowest BCUT2D eigenvalue weighted by atomic mass is 10.1. The molecule has 1 N–H and O–H groups in total. The number of hydrogen-bond acceptors (Lipinski definition) is 4. The van der Waals surface area contributed by atoms with Crippen molar-refractivity contribution in [1.82, 2.24) is 29.9 Å². The van der Waals surface area contributed by atoms with Crippen molar-refractivity contribution < 1.29 is 4.79 Å². The van der Waals surface area contributed by atoms with E-state index in [1.807, 2.05) is 17.7 Å². The minimum atomic E-state index is -0.115. The SMILES string of the molecule is Cc1nnc2n1C[C@@H](NC(=O)c1cc(C3CC3)n(C(C)(C)C)n1)CC2. The Balaban J connectivity index is 1.51. The van der Waals surface area contributed by atoms with Gasteiger partial charge < -0.3 is 9.88 Å². The predicted octanol–water partition coefficient (Wildman–Crippen LogP) is 2.16. The molecular formula is C18H26N6O. The third kappa shape index (κ3) is 3.07. The zero-order chi connectivity index (χ0) is 17.8. The van der Waals surface area contributed by atoms with Crippen LogP contribution in [-0.4, -0.2) is 36.5 Å². The molecule has 0 radical (unpaired) electrons. The number of hydrogen-bond donors (Lipinski definition) is 1. The van der Waals surface area contributed by atoms with Crippen LogP contribution in [0.15, 0.2) is 6.07 Å². The van der Waals surface area contributed by atoms with E-state index < -0.39 is 0 Å². The largest absolute Gasteiger partial charge is 0.346 e. The molecule has 1 aliphatic heterocycles. The Morgan fingerprint density at radius 2 is 2.00 bits per heavy atom. The maximum Gasteiger partial charge on any atom is 0.272 e. The van der Waals surface area contributed by atoms with E-state index in [-0.39, 0.29) is 17.5 Å². The molecule has 0 bridgehead atoms. The number of carbonyl (C=O) groups excluding carboxylic acids is 1. The highest BCUT2D eigenvalue weighted by Crippen LogP contribution is 2.41. The van der Waals surface area contributed by atoms with Crippen LogP contribution in [0.5, 0.6) is 0 Å². The highest BCUT2D eigenvalue weighted by atomic mass is 16.2. The summed E-state index contributed by atoms with van der Waals surface area (Å²) in [6.07, 6.45) is 4.12. The van der Waals surface area contributed by atoms with Crippen molar-refractivity contribution in [3.05, 3.63) is 29.1 Å². The molecule has 1 amide bonds. The van der Waals surface area contributed by atoms with Crippen LogP contribution in [0, 0.1) is 6.92 Å². The predicted molar refractivity (Wildman–Crippen MR) is 93.5 cm³/mol. The molecule has 1 atom stereocenters. The van der Waals surface area contributed by atoms with Gasteiger partial charge in [-0.15, -0.1) is 10.2 Å². The molecule has 0 saturated heterocycles. The minimum absolute atomic E-state index is 0.0796. The number of rotatable bonds is 3. The summed E-state index contributed by atoms with van der Waals surface area (Å²) in [5, 5.41) is 16.1. The van der Waals surface area contributed by atoms with Crippen molar-refractivity contribution in [2.45, 2.75) is 77.4 Å². The Labute approximate surface area is 147 Å². The maximum atomic E-state index is 12.8. The van der Waals surface area contributed by atoms with Gasteiger partial charge in [0.2, 0.25) is 0 Å². The summed E-state index contributed by atoms with van der Waals surface area (Å²) in [5.41, 5.74) is 1.61.